The lowest BCUT2D eigenvalue weighted by molar-refractivity contribution is -0.133. The second-order valence-electron chi connectivity index (χ2n) is 6.22. The van der Waals surface area contributed by atoms with Crippen LogP contribution in [0.25, 0.3) is 0 Å². The molecule has 6 nitrogen and oxygen atoms in total. The number of aliphatic carboxylic acids is 1. The Morgan fingerprint density at radius 3 is 2.71 bits per heavy atom. The largest absolute Gasteiger partial charge is 0.478 e. The summed E-state index contributed by atoms with van der Waals surface area (Å²) >= 11 is 0. The lowest BCUT2D eigenvalue weighted by atomic mass is 9.98. The Balaban J connectivity index is 2.09. The Bertz CT molecular complexity index is 688. The van der Waals surface area contributed by atoms with E-state index in [4.69, 9.17) is 0 Å². The second-order valence-corrected chi connectivity index (χ2v) is 6.22. The molecule has 0 spiro atoms. The van der Waals surface area contributed by atoms with Gasteiger partial charge in [0.1, 0.15) is 11.9 Å². The van der Waals surface area contributed by atoms with Crippen LogP contribution >= 0.6 is 0 Å². The summed E-state index contributed by atoms with van der Waals surface area (Å²) in [4.78, 5) is 19.5. The van der Waals surface area contributed by atoms with E-state index in [0.717, 1.165) is 19.3 Å². The molecule has 0 saturated heterocycles. The van der Waals surface area contributed by atoms with Gasteiger partial charge in [-0.15, -0.1) is 0 Å². The Kier molecular flexibility index (Phi) is 4.45. The average Bonchev–Trinajstić information content (AvgIpc) is 3.37. The van der Waals surface area contributed by atoms with Crippen molar-refractivity contribution >= 4 is 17.6 Å². The van der Waals surface area contributed by atoms with E-state index < -0.39 is 17.9 Å². The summed E-state index contributed by atoms with van der Waals surface area (Å²) in [6.45, 7) is 5.26. The quantitative estimate of drug-likeness (QED) is 0.831. The molecule has 0 amide bonds. The number of carboxylic acid groups (broad SMARTS) is 1. The van der Waals surface area contributed by atoms with Gasteiger partial charge in [0.25, 0.3) is 0 Å². The minimum Gasteiger partial charge on any atom is -0.478 e. The third kappa shape index (κ3) is 2.84. The lowest BCUT2D eigenvalue weighted by Gasteiger charge is -2.32. The minimum absolute atomic E-state index is 0.149. The van der Waals surface area contributed by atoms with Crippen LogP contribution in [0.2, 0.25) is 0 Å². The van der Waals surface area contributed by atoms with Crippen LogP contribution in [0.3, 0.4) is 0 Å². The first kappa shape index (κ1) is 16.7. The molecule has 1 aliphatic carbocycles. The van der Waals surface area contributed by atoms with Crippen molar-refractivity contribution in [3.05, 3.63) is 29.2 Å². The minimum atomic E-state index is -1.37. The topological polar surface area (TPSA) is 76.9 Å². The number of nitrogens with zero attached hydrogens (tertiary/aromatic N) is 3. The fraction of sp³-hybridized carbons (Fsp3) is 0.529. The predicted molar refractivity (Wildman–Crippen MR) is 88.6 cm³/mol. The van der Waals surface area contributed by atoms with Crippen molar-refractivity contribution < 1.29 is 19.4 Å². The second kappa shape index (κ2) is 6.39. The van der Waals surface area contributed by atoms with Gasteiger partial charge in [0.2, 0.25) is 0 Å². The number of pyridine rings is 1. The van der Waals surface area contributed by atoms with Gasteiger partial charge >= 0.3 is 5.97 Å². The summed E-state index contributed by atoms with van der Waals surface area (Å²) in [5.41, 5.74) is 0.0693. The van der Waals surface area contributed by atoms with Crippen LogP contribution in [0.5, 0.6) is 0 Å². The van der Waals surface area contributed by atoms with Gasteiger partial charge in [0.15, 0.2) is 11.6 Å². The van der Waals surface area contributed by atoms with Gasteiger partial charge in [-0.25, -0.2) is 14.2 Å². The van der Waals surface area contributed by atoms with Crippen LogP contribution < -0.4 is 9.80 Å². The van der Waals surface area contributed by atoms with Crippen LogP contribution in [0, 0.1) is 5.82 Å². The Morgan fingerprint density at radius 2 is 2.17 bits per heavy atom. The molecule has 1 unspecified atom stereocenters. The van der Waals surface area contributed by atoms with E-state index >= 15 is 0 Å². The zero-order chi connectivity index (χ0) is 17.4. The normalized spacial score (nSPS) is 19.8. The van der Waals surface area contributed by atoms with Crippen molar-refractivity contribution in [2.24, 2.45) is 0 Å². The van der Waals surface area contributed by atoms with Crippen LogP contribution in [-0.4, -0.2) is 40.3 Å². The fourth-order valence-corrected chi connectivity index (χ4v) is 3.05. The number of aliphatic hydroxyl groups is 1. The number of hydrogen-bond acceptors (Lipinski definition) is 5. The maximum atomic E-state index is 14.6. The highest BCUT2D eigenvalue weighted by Gasteiger charge is 2.38. The number of carbonyl (C=O) groups is 1. The van der Waals surface area contributed by atoms with Crippen LogP contribution in [0.15, 0.2) is 17.8 Å². The first-order chi connectivity index (χ1) is 11.5. The number of anilines is 2. The van der Waals surface area contributed by atoms with Crippen molar-refractivity contribution in [3.8, 4) is 0 Å². The summed E-state index contributed by atoms with van der Waals surface area (Å²) in [6, 6.07) is 1.39. The molecule has 24 heavy (non-hydrogen) atoms. The van der Waals surface area contributed by atoms with E-state index in [1.165, 1.54) is 12.3 Å². The molecule has 0 radical (unpaired) electrons. The van der Waals surface area contributed by atoms with Gasteiger partial charge in [-0.3, -0.25) is 0 Å². The molecule has 2 aliphatic rings. The van der Waals surface area contributed by atoms with Gasteiger partial charge in [0, 0.05) is 30.9 Å². The van der Waals surface area contributed by atoms with Crippen LogP contribution in [0.4, 0.5) is 16.0 Å². The summed E-state index contributed by atoms with van der Waals surface area (Å²) in [7, 11) is 0. The van der Waals surface area contributed by atoms with Crippen molar-refractivity contribution in [2.75, 3.05) is 22.9 Å². The Hall–Kier alpha value is -2.15. The first-order valence-corrected chi connectivity index (χ1v) is 8.34. The SMILES string of the molecule is CCCN(CC)c1nc2c(cc1F)C(O)C(C(=O)O)=CN2C1CC1. The molecule has 2 N–H and O–H groups in total. The van der Waals surface area contributed by atoms with Crippen molar-refractivity contribution in [1.82, 2.24) is 4.98 Å². The Labute approximate surface area is 140 Å². The molecule has 130 valence electrons. The van der Waals surface area contributed by atoms with E-state index in [2.05, 4.69) is 4.98 Å². The van der Waals surface area contributed by atoms with Crippen molar-refractivity contribution in [2.45, 2.75) is 45.3 Å². The molecule has 1 aromatic heterocycles. The van der Waals surface area contributed by atoms with Crippen molar-refractivity contribution in [1.29, 1.82) is 0 Å². The highest BCUT2D eigenvalue weighted by Crippen LogP contribution is 2.42. The van der Waals surface area contributed by atoms with Gasteiger partial charge < -0.3 is 20.0 Å². The van der Waals surface area contributed by atoms with E-state index in [0.29, 0.717) is 18.9 Å². The van der Waals surface area contributed by atoms with Crippen LogP contribution in [0.1, 0.15) is 44.8 Å². The maximum Gasteiger partial charge on any atom is 0.336 e. The molecule has 0 bridgehead atoms. The predicted octanol–water partition coefficient (Wildman–Crippen LogP) is 2.44. The fourth-order valence-electron chi connectivity index (χ4n) is 3.05. The maximum absolute atomic E-state index is 14.6. The monoisotopic (exact) mass is 335 g/mol. The summed E-state index contributed by atoms with van der Waals surface area (Å²) in [6.07, 6.45) is 2.80. The summed E-state index contributed by atoms with van der Waals surface area (Å²) in [5.74, 6) is -1.03. The standard InChI is InChI=1S/C17H22FN3O3/c1-3-7-20(4-2)16-13(18)8-11-14(22)12(17(23)24)9-21(10-5-6-10)15(11)19-16/h8-10,14,22H,3-7H2,1-2H3,(H,23,24). The highest BCUT2D eigenvalue weighted by atomic mass is 19.1. The van der Waals surface area contributed by atoms with Gasteiger partial charge in [-0.2, -0.15) is 0 Å². The van der Waals surface area contributed by atoms with Crippen molar-refractivity contribution in [3.63, 3.8) is 0 Å². The highest BCUT2D eigenvalue weighted by molar-refractivity contribution is 5.90. The molecule has 1 atom stereocenters. The number of aliphatic hydroxyl groups excluding tert-OH is 1. The molecule has 1 fully saturated rings. The molecule has 0 aromatic carbocycles. The van der Waals surface area contributed by atoms with E-state index in [-0.39, 0.29) is 23.0 Å². The third-order valence-corrected chi connectivity index (χ3v) is 4.44. The van der Waals surface area contributed by atoms with E-state index in [1.807, 2.05) is 18.7 Å². The molecule has 3 rings (SSSR count). The molecule has 1 saturated carbocycles. The number of fused-ring (bicyclic) bond motifs is 1. The molecule has 2 heterocycles. The van der Waals surface area contributed by atoms with Gasteiger partial charge in [0.05, 0.1) is 5.57 Å². The zero-order valence-electron chi connectivity index (χ0n) is 13.9. The average molecular weight is 335 g/mol. The smallest absolute Gasteiger partial charge is 0.336 e. The number of aromatic nitrogens is 1. The summed E-state index contributed by atoms with van der Waals surface area (Å²) < 4.78 is 14.6. The number of rotatable bonds is 6. The Morgan fingerprint density at radius 1 is 1.46 bits per heavy atom. The molecule has 1 aromatic rings. The van der Waals surface area contributed by atoms with Crippen LogP contribution in [-0.2, 0) is 4.79 Å². The molecular formula is C17H22FN3O3. The molecule has 7 heteroatoms. The third-order valence-electron chi connectivity index (χ3n) is 4.44. The zero-order valence-corrected chi connectivity index (χ0v) is 13.9. The molecule has 1 aliphatic heterocycles. The number of carboxylic acids is 1. The van der Waals surface area contributed by atoms with E-state index in [9.17, 15) is 19.4 Å². The number of halogens is 1. The van der Waals surface area contributed by atoms with E-state index in [1.54, 1.807) is 4.90 Å². The number of hydrogen-bond donors (Lipinski definition) is 2. The first-order valence-electron chi connectivity index (χ1n) is 8.34. The molecular weight excluding hydrogens is 313 g/mol. The van der Waals surface area contributed by atoms with Gasteiger partial charge in [-0.1, -0.05) is 6.92 Å². The lowest BCUT2D eigenvalue weighted by Crippen LogP contribution is -2.32. The summed E-state index contributed by atoms with van der Waals surface area (Å²) in [5, 5.41) is 19.6. The van der Waals surface area contributed by atoms with Gasteiger partial charge in [-0.05, 0) is 32.3 Å².